The summed E-state index contributed by atoms with van der Waals surface area (Å²) in [6.45, 7) is 7.10. The molecule has 0 unspecified atom stereocenters. The Hall–Kier alpha value is -2.08. The molecular formula is C17H22ClN3O3. The van der Waals surface area contributed by atoms with E-state index in [-0.39, 0.29) is 24.4 Å². The number of hydrogen-bond acceptors (Lipinski definition) is 3. The van der Waals surface area contributed by atoms with Crippen LogP contribution in [0.3, 0.4) is 0 Å². The van der Waals surface area contributed by atoms with Crippen LogP contribution in [0.25, 0.3) is 0 Å². The van der Waals surface area contributed by atoms with Gasteiger partial charge < -0.3 is 10.6 Å². The summed E-state index contributed by atoms with van der Waals surface area (Å²) >= 11 is 6.16. The first-order valence-electron chi connectivity index (χ1n) is 7.85. The Bertz CT molecular complexity index is 677. The Kier molecular flexibility index (Phi) is 5.18. The van der Waals surface area contributed by atoms with Crippen molar-refractivity contribution in [2.75, 3.05) is 6.54 Å². The van der Waals surface area contributed by atoms with E-state index in [0.717, 1.165) is 4.90 Å². The first-order chi connectivity index (χ1) is 11.2. The molecule has 1 saturated heterocycles. The molecule has 7 heteroatoms. The van der Waals surface area contributed by atoms with Gasteiger partial charge in [0.15, 0.2) is 0 Å². The number of benzene rings is 1. The Morgan fingerprint density at radius 3 is 2.50 bits per heavy atom. The van der Waals surface area contributed by atoms with Crippen molar-refractivity contribution in [2.24, 2.45) is 5.92 Å². The maximum atomic E-state index is 12.7. The van der Waals surface area contributed by atoms with Crippen LogP contribution in [0.15, 0.2) is 24.3 Å². The zero-order valence-electron chi connectivity index (χ0n) is 14.2. The molecule has 2 N–H and O–H groups in total. The highest BCUT2D eigenvalue weighted by Gasteiger charge is 2.50. The van der Waals surface area contributed by atoms with Crippen LogP contribution in [-0.2, 0) is 15.1 Å². The number of nitrogens with one attached hydrogen (secondary N) is 2. The van der Waals surface area contributed by atoms with Gasteiger partial charge in [-0.3, -0.25) is 14.5 Å². The van der Waals surface area contributed by atoms with E-state index in [9.17, 15) is 14.4 Å². The fourth-order valence-corrected chi connectivity index (χ4v) is 2.82. The van der Waals surface area contributed by atoms with Crippen LogP contribution in [0.5, 0.6) is 0 Å². The van der Waals surface area contributed by atoms with Gasteiger partial charge in [-0.1, -0.05) is 43.6 Å². The van der Waals surface area contributed by atoms with E-state index in [2.05, 4.69) is 10.6 Å². The van der Waals surface area contributed by atoms with Gasteiger partial charge in [0.2, 0.25) is 5.91 Å². The Balaban J connectivity index is 2.17. The molecule has 0 aliphatic carbocycles. The zero-order chi connectivity index (χ0) is 18.1. The maximum absolute atomic E-state index is 12.7. The number of hydrogen-bond donors (Lipinski definition) is 2. The minimum Gasteiger partial charge on any atom is -0.352 e. The van der Waals surface area contributed by atoms with Crippen molar-refractivity contribution in [2.45, 2.75) is 39.3 Å². The van der Waals surface area contributed by atoms with Crippen LogP contribution < -0.4 is 10.6 Å². The smallest absolute Gasteiger partial charge is 0.325 e. The van der Waals surface area contributed by atoms with Crippen LogP contribution in [0, 0.1) is 5.92 Å². The minimum absolute atomic E-state index is 0.0479. The molecule has 6 nitrogen and oxygen atoms in total. The lowest BCUT2D eigenvalue weighted by molar-refractivity contribution is -0.135. The molecule has 2 atom stereocenters. The second-order valence-electron chi connectivity index (χ2n) is 6.53. The molecule has 0 aromatic heterocycles. The van der Waals surface area contributed by atoms with Crippen molar-refractivity contribution in [3.05, 3.63) is 34.9 Å². The van der Waals surface area contributed by atoms with Gasteiger partial charge in [0.05, 0.1) is 0 Å². The Morgan fingerprint density at radius 2 is 1.92 bits per heavy atom. The van der Waals surface area contributed by atoms with Gasteiger partial charge >= 0.3 is 6.03 Å². The first-order valence-corrected chi connectivity index (χ1v) is 8.23. The molecule has 0 bridgehead atoms. The SMILES string of the molecule is CC(C)[C@@H](C)NC(=O)CN1C(=O)N[C@@](C)(c2ccccc2Cl)C1=O. The Morgan fingerprint density at radius 1 is 1.29 bits per heavy atom. The monoisotopic (exact) mass is 351 g/mol. The molecule has 2 rings (SSSR count). The highest BCUT2D eigenvalue weighted by Crippen LogP contribution is 2.33. The summed E-state index contributed by atoms with van der Waals surface area (Å²) in [5.41, 5.74) is -0.775. The van der Waals surface area contributed by atoms with E-state index < -0.39 is 17.5 Å². The summed E-state index contributed by atoms with van der Waals surface area (Å²) < 4.78 is 0. The highest BCUT2D eigenvalue weighted by molar-refractivity contribution is 6.32. The third-order valence-corrected chi connectivity index (χ3v) is 4.71. The number of carbonyl (C=O) groups is 3. The van der Waals surface area contributed by atoms with Crippen LogP contribution in [-0.4, -0.2) is 35.3 Å². The van der Waals surface area contributed by atoms with Gasteiger partial charge in [0.25, 0.3) is 5.91 Å². The summed E-state index contributed by atoms with van der Waals surface area (Å²) in [5, 5.41) is 5.81. The fourth-order valence-electron chi connectivity index (χ4n) is 2.50. The number of carbonyl (C=O) groups excluding carboxylic acids is 3. The molecule has 1 aromatic rings. The molecule has 1 aliphatic heterocycles. The predicted octanol–water partition coefficient (Wildman–Crippen LogP) is 2.27. The van der Waals surface area contributed by atoms with Crippen LogP contribution in [0.4, 0.5) is 4.79 Å². The van der Waals surface area contributed by atoms with E-state index in [1.165, 1.54) is 0 Å². The molecule has 24 heavy (non-hydrogen) atoms. The quantitative estimate of drug-likeness (QED) is 0.799. The normalized spacial score (nSPS) is 21.8. The number of amides is 4. The number of imide groups is 1. The standard InChI is InChI=1S/C17H22ClN3O3/c1-10(2)11(3)19-14(22)9-21-15(23)17(4,20-16(21)24)12-7-5-6-8-13(12)18/h5-8,10-11H,9H2,1-4H3,(H,19,22)(H,20,24)/t11-,17+/m1/s1. The van der Waals surface area contributed by atoms with Crippen molar-refractivity contribution >= 4 is 29.4 Å². The summed E-state index contributed by atoms with van der Waals surface area (Å²) in [4.78, 5) is 38.0. The van der Waals surface area contributed by atoms with Crippen molar-refractivity contribution in [1.29, 1.82) is 0 Å². The molecule has 130 valence electrons. The number of rotatable bonds is 5. The third kappa shape index (κ3) is 3.38. The summed E-state index contributed by atoms with van der Waals surface area (Å²) in [6, 6.07) is 6.18. The van der Waals surface area contributed by atoms with Gasteiger partial charge in [-0.05, 0) is 25.8 Å². The fraction of sp³-hybridized carbons (Fsp3) is 0.471. The topological polar surface area (TPSA) is 78.5 Å². The molecule has 1 heterocycles. The number of halogens is 1. The van der Waals surface area contributed by atoms with Crippen LogP contribution in [0.2, 0.25) is 5.02 Å². The second-order valence-corrected chi connectivity index (χ2v) is 6.93. The maximum Gasteiger partial charge on any atom is 0.325 e. The lowest BCUT2D eigenvalue weighted by Crippen LogP contribution is -2.46. The van der Waals surface area contributed by atoms with E-state index >= 15 is 0 Å². The van der Waals surface area contributed by atoms with E-state index in [1.54, 1.807) is 31.2 Å². The molecule has 1 aromatic carbocycles. The van der Waals surface area contributed by atoms with Crippen molar-refractivity contribution in [3.8, 4) is 0 Å². The zero-order valence-corrected chi connectivity index (χ0v) is 15.0. The highest BCUT2D eigenvalue weighted by atomic mass is 35.5. The van der Waals surface area contributed by atoms with Crippen molar-refractivity contribution < 1.29 is 14.4 Å². The van der Waals surface area contributed by atoms with Gasteiger partial charge in [0, 0.05) is 16.6 Å². The lowest BCUT2D eigenvalue weighted by Gasteiger charge is -2.23. The lowest BCUT2D eigenvalue weighted by atomic mass is 9.92. The van der Waals surface area contributed by atoms with E-state index in [1.807, 2.05) is 20.8 Å². The van der Waals surface area contributed by atoms with Gasteiger partial charge in [-0.25, -0.2) is 4.79 Å². The molecule has 0 saturated carbocycles. The van der Waals surface area contributed by atoms with E-state index in [0.29, 0.717) is 10.6 Å². The van der Waals surface area contributed by atoms with Gasteiger partial charge in [-0.15, -0.1) is 0 Å². The van der Waals surface area contributed by atoms with Crippen LogP contribution in [0.1, 0.15) is 33.3 Å². The van der Waals surface area contributed by atoms with Gasteiger partial charge in [-0.2, -0.15) is 0 Å². The van der Waals surface area contributed by atoms with Crippen LogP contribution >= 0.6 is 11.6 Å². The minimum atomic E-state index is -1.28. The summed E-state index contributed by atoms with van der Waals surface area (Å²) in [7, 11) is 0. The summed E-state index contributed by atoms with van der Waals surface area (Å²) in [6.07, 6.45) is 0. The van der Waals surface area contributed by atoms with Gasteiger partial charge in [0.1, 0.15) is 12.1 Å². The molecular weight excluding hydrogens is 330 g/mol. The predicted molar refractivity (Wildman–Crippen MR) is 91.5 cm³/mol. The largest absolute Gasteiger partial charge is 0.352 e. The molecule has 1 fully saturated rings. The second kappa shape index (κ2) is 6.81. The van der Waals surface area contributed by atoms with E-state index in [4.69, 9.17) is 11.6 Å². The summed E-state index contributed by atoms with van der Waals surface area (Å²) in [5.74, 6) is -0.610. The molecule has 0 spiro atoms. The Labute approximate surface area is 146 Å². The first kappa shape index (κ1) is 18.3. The number of nitrogens with zero attached hydrogens (tertiary/aromatic N) is 1. The average Bonchev–Trinajstić information content (AvgIpc) is 2.71. The molecule has 0 radical (unpaired) electrons. The third-order valence-electron chi connectivity index (χ3n) is 4.38. The molecule has 4 amide bonds. The van der Waals surface area contributed by atoms with Crippen molar-refractivity contribution in [3.63, 3.8) is 0 Å². The average molecular weight is 352 g/mol. The van der Waals surface area contributed by atoms with Crippen molar-refractivity contribution in [1.82, 2.24) is 15.5 Å². The molecule has 1 aliphatic rings. The number of urea groups is 1.